The van der Waals surface area contributed by atoms with E-state index in [1.165, 1.54) is 19.3 Å². The molecule has 16 heavy (non-hydrogen) atoms. The fourth-order valence-corrected chi connectivity index (χ4v) is 2.22. The highest BCUT2D eigenvalue weighted by atomic mass is 16.5. The fraction of sp³-hybridized carbons (Fsp3) is 0.750. The summed E-state index contributed by atoms with van der Waals surface area (Å²) in [6.45, 7) is 4.92. The Morgan fingerprint density at radius 3 is 3.06 bits per heavy atom. The van der Waals surface area contributed by atoms with Crippen LogP contribution in [0.2, 0.25) is 0 Å². The first-order valence-electron chi connectivity index (χ1n) is 6.19. The molecule has 2 heterocycles. The lowest BCUT2D eigenvalue weighted by Gasteiger charge is -2.12. The summed E-state index contributed by atoms with van der Waals surface area (Å²) in [4.78, 5) is 4.54. The van der Waals surface area contributed by atoms with Crippen molar-refractivity contribution in [3.63, 3.8) is 0 Å². The summed E-state index contributed by atoms with van der Waals surface area (Å²) in [5.74, 6) is 1.71. The molecule has 0 radical (unpaired) electrons. The van der Waals surface area contributed by atoms with E-state index >= 15 is 0 Å². The topological polar surface area (TPSA) is 39.1 Å². The van der Waals surface area contributed by atoms with Gasteiger partial charge in [-0.2, -0.15) is 0 Å². The zero-order valence-corrected chi connectivity index (χ0v) is 9.78. The minimum atomic E-state index is 0.661. The van der Waals surface area contributed by atoms with Gasteiger partial charge in [0.2, 0.25) is 5.95 Å². The van der Waals surface area contributed by atoms with Crippen molar-refractivity contribution in [2.24, 2.45) is 5.92 Å². The summed E-state index contributed by atoms with van der Waals surface area (Å²) < 4.78 is 7.67. The number of aromatic nitrogens is 2. The van der Waals surface area contributed by atoms with Gasteiger partial charge in [0, 0.05) is 31.3 Å². The largest absolute Gasteiger partial charge is 0.381 e. The zero-order valence-electron chi connectivity index (χ0n) is 9.78. The number of anilines is 1. The van der Waals surface area contributed by atoms with Crippen molar-refractivity contribution in [3.8, 4) is 0 Å². The van der Waals surface area contributed by atoms with Crippen molar-refractivity contribution in [1.82, 2.24) is 9.55 Å². The van der Waals surface area contributed by atoms with Gasteiger partial charge in [-0.05, 0) is 26.2 Å². The van der Waals surface area contributed by atoms with Gasteiger partial charge in [-0.3, -0.25) is 0 Å². The van der Waals surface area contributed by atoms with E-state index in [9.17, 15) is 0 Å². The minimum absolute atomic E-state index is 0.661. The molecule has 1 atom stereocenters. The number of imidazole rings is 1. The quantitative estimate of drug-likeness (QED) is 0.842. The van der Waals surface area contributed by atoms with Gasteiger partial charge in [0.1, 0.15) is 0 Å². The number of rotatable bonds is 4. The molecule has 4 nitrogen and oxygen atoms in total. The molecule has 1 aliphatic carbocycles. The van der Waals surface area contributed by atoms with E-state index < -0.39 is 0 Å². The SMILES string of the molecule is Cc1cn(CC2CCOC2)c(NC2CC2)n1. The van der Waals surface area contributed by atoms with Gasteiger partial charge in [-0.1, -0.05) is 0 Å². The Bertz CT molecular complexity index is 364. The highest BCUT2D eigenvalue weighted by molar-refractivity contribution is 5.32. The van der Waals surface area contributed by atoms with E-state index in [2.05, 4.69) is 28.0 Å². The van der Waals surface area contributed by atoms with Gasteiger partial charge in [0.15, 0.2) is 0 Å². The molecule has 0 aromatic carbocycles. The number of ether oxygens (including phenoxy) is 1. The van der Waals surface area contributed by atoms with Crippen molar-refractivity contribution in [1.29, 1.82) is 0 Å². The lowest BCUT2D eigenvalue weighted by atomic mass is 10.1. The van der Waals surface area contributed by atoms with Gasteiger partial charge >= 0.3 is 0 Å². The molecular weight excluding hydrogens is 202 g/mol. The maximum absolute atomic E-state index is 5.42. The van der Waals surface area contributed by atoms with Crippen LogP contribution < -0.4 is 5.32 Å². The first-order valence-corrected chi connectivity index (χ1v) is 6.19. The Balaban J connectivity index is 1.70. The summed E-state index contributed by atoms with van der Waals surface area (Å²) in [7, 11) is 0. The zero-order chi connectivity index (χ0) is 11.0. The highest BCUT2D eigenvalue weighted by Gasteiger charge is 2.24. The molecule has 1 saturated carbocycles. The molecule has 2 aliphatic rings. The Morgan fingerprint density at radius 1 is 1.50 bits per heavy atom. The molecule has 0 bridgehead atoms. The number of hydrogen-bond donors (Lipinski definition) is 1. The van der Waals surface area contributed by atoms with Crippen LogP contribution >= 0.6 is 0 Å². The predicted molar refractivity (Wildman–Crippen MR) is 62.5 cm³/mol. The second kappa shape index (κ2) is 4.09. The molecule has 1 aromatic heterocycles. The molecule has 88 valence electrons. The number of nitrogens with zero attached hydrogens (tertiary/aromatic N) is 2. The van der Waals surface area contributed by atoms with E-state index in [1.54, 1.807) is 0 Å². The maximum atomic E-state index is 5.42. The Hall–Kier alpha value is -1.03. The summed E-state index contributed by atoms with van der Waals surface area (Å²) >= 11 is 0. The molecule has 2 fully saturated rings. The first-order chi connectivity index (χ1) is 7.81. The molecular formula is C12H19N3O. The van der Waals surface area contributed by atoms with E-state index in [1.807, 2.05) is 0 Å². The van der Waals surface area contributed by atoms with Crippen LogP contribution in [0.3, 0.4) is 0 Å². The summed E-state index contributed by atoms with van der Waals surface area (Å²) in [6.07, 6.45) is 5.90. The number of nitrogens with one attached hydrogen (secondary N) is 1. The standard InChI is InChI=1S/C12H19N3O/c1-9-6-15(7-10-4-5-16-8-10)12(13-9)14-11-2-3-11/h6,10-11H,2-5,7-8H2,1H3,(H,13,14). The smallest absolute Gasteiger partial charge is 0.203 e. The monoisotopic (exact) mass is 221 g/mol. The van der Waals surface area contributed by atoms with Crippen LogP contribution in [0.25, 0.3) is 0 Å². The van der Waals surface area contributed by atoms with Gasteiger partial charge < -0.3 is 14.6 Å². The molecule has 0 spiro atoms. The Labute approximate surface area is 96.0 Å². The van der Waals surface area contributed by atoms with E-state index in [0.29, 0.717) is 12.0 Å². The van der Waals surface area contributed by atoms with Gasteiger partial charge in [-0.25, -0.2) is 4.98 Å². The second-order valence-electron chi connectivity index (χ2n) is 5.01. The summed E-state index contributed by atoms with van der Waals surface area (Å²) in [6, 6.07) is 0.667. The summed E-state index contributed by atoms with van der Waals surface area (Å²) in [5.41, 5.74) is 1.10. The summed E-state index contributed by atoms with van der Waals surface area (Å²) in [5, 5.41) is 3.49. The van der Waals surface area contributed by atoms with Crippen LogP contribution in [0.4, 0.5) is 5.95 Å². The van der Waals surface area contributed by atoms with Crippen LogP contribution in [-0.4, -0.2) is 28.8 Å². The van der Waals surface area contributed by atoms with Crippen molar-refractivity contribution in [2.75, 3.05) is 18.5 Å². The Kier molecular flexibility index (Phi) is 2.59. The molecule has 3 rings (SSSR count). The average Bonchev–Trinajstić information content (AvgIpc) is 2.79. The fourth-order valence-electron chi connectivity index (χ4n) is 2.22. The normalized spacial score (nSPS) is 24.9. The molecule has 1 aliphatic heterocycles. The third-order valence-electron chi connectivity index (χ3n) is 3.29. The van der Waals surface area contributed by atoms with Crippen LogP contribution in [0.5, 0.6) is 0 Å². The lowest BCUT2D eigenvalue weighted by Crippen LogP contribution is -2.14. The molecule has 1 unspecified atom stereocenters. The average molecular weight is 221 g/mol. The van der Waals surface area contributed by atoms with Crippen molar-refractivity contribution < 1.29 is 4.74 Å². The first kappa shape index (κ1) is 10.1. The van der Waals surface area contributed by atoms with E-state index in [0.717, 1.165) is 31.4 Å². The third kappa shape index (κ3) is 2.21. The van der Waals surface area contributed by atoms with Crippen LogP contribution in [-0.2, 0) is 11.3 Å². The molecule has 0 amide bonds. The molecule has 1 aromatic rings. The molecule has 4 heteroatoms. The van der Waals surface area contributed by atoms with Gasteiger partial charge in [-0.15, -0.1) is 0 Å². The maximum Gasteiger partial charge on any atom is 0.203 e. The highest BCUT2D eigenvalue weighted by Crippen LogP contribution is 2.25. The van der Waals surface area contributed by atoms with Crippen molar-refractivity contribution in [3.05, 3.63) is 11.9 Å². The Morgan fingerprint density at radius 2 is 2.38 bits per heavy atom. The second-order valence-corrected chi connectivity index (χ2v) is 5.01. The van der Waals surface area contributed by atoms with Crippen LogP contribution in [0, 0.1) is 12.8 Å². The number of aryl methyl sites for hydroxylation is 1. The van der Waals surface area contributed by atoms with Crippen LogP contribution in [0.15, 0.2) is 6.20 Å². The third-order valence-corrected chi connectivity index (χ3v) is 3.29. The van der Waals surface area contributed by atoms with E-state index in [-0.39, 0.29) is 0 Å². The molecule has 1 saturated heterocycles. The van der Waals surface area contributed by atoms with Gasteiger partial charge in [0.05, 0.1) is 12.3 Å². The van der Waals surface area contributed by atoms with Crippen LogP contribution in [0.1, 0.15) is 25.0 Å². The van der Waals surface area contributed by atoms with Crippen molar-refractivity contribution >= 4 is 5.95 Å². The van der Waals surface area contributed by atoms with Crippen molar-refractivity contribution in [2.45, 2.75) is 38.8 Å². The lowest BCUT2D eigenvalue weighted by molar-refractivity contribution is 0.182. The predicted octanol–water partition coefficient (Wildman–Crippen LogP) is 1.80. The minimum Gasteiger partial charge on any atom is -0.381 e. The van der Waals surface area contributed by atoms with Gasteiger partial charge in [0.25, 0.3) is 0 Å². The molecule has 1 N–H and O–H groups in total. The van der Waals surface area contributed by atoms with E-state index in [4.69, 9.17) is 4.74 Å². The number of hydrogen-bond acceptors (Lipinski definition) is 3.